The molecule has 0 aliphatic carbocycles. The van der Waals surface area contributed by atoms with Crippen molar-refractivity contribution in [1.82, 2.24) is 9.55 Å². The van der Waals surface area contributed by atoms with E-state index < -0.39 is 0 Å². The van der Waals surface area contributed by atoms with E-state index in [9.17, 15) is 0 Å². The van der Waals surface area contributed by atoms with Crippen LogP contribution in [0.4, 0.5) is 0 Å². The summed E-state index contributed by atoms with van der Waals surface area (Å²) in [5.41, 5.74) is 20.5. The fourth-order valence-electron chi connectivity index (χ4n) is 9.19. The third-order valence-corrected chi connectivity index (χ3v) is 12.7. The van der Waals surface area contributed by atoms with Crippen LogP contribution in [0, 0.1) is 34.6 Å². The van der Waals surface area contributed by atoms with Gasteiger partial charge >= 0.3 is 0 Å². The van der Waals surface area contributed by atoms with Crippen LogP contribution in [0.3, 0.4) is 0 Å². The van der Waals surface area contributed by atoms with Crippen LogP contribution in [0.2, 0.25) is 0 Å². The smallest absolute Gasteiger partial charge is 0.0541 e. The molecule has 2 aromatic heterocycles. The van der Waals surface area contributed by atoms with Gasteiger partial charge in [0, 0.05) is 38.3 Å². The molecule has 0 fully saturated rings. The van der Waals surface area contributed by atoms with E-state index in [0.717, 1.165) is 0 Å². The summed E-state index contributed by atoms with van der Waals surface area (Å²) in [6.07, 6.45) is 11.8. The van der Waals surface area contributed by atoms with Crippen molar-refractivity contribution >= 4 is 49.2 Å². The summed E-state index contributed by atoms with van der Waals surface area (Å²) in [6.45, 7) is 23.2. The third-order valence-electron chi connectivity index (χ3n) is 12.7. The van der Waals surface area contributed by atoms with Gasteiger partial charge in [-0.15, -0.1) is 0 Å². The van der Waals surface area contributed by atoms with E-state index in [0.29, 0.717) is 0 Å². The highest BCUT2D eigenvalue weighted by molar-refractivity contribution is 6.09. The summed E-state index contributed by atoms with van der Waals surface area (Å²) in [7, 11) is 0. The molecule has 11 rings (SSSR count). The number of benzene rings is 9. The van der Waals surface area contributed by atoms with Crippen molar-refractivity contribution < 1.29 is 0 Å². The van der Waals surface area contributed by atoms with Crippen LogP contribution < -0.4 is 0 Å². The topological polar surface area (TPSA) is 20.7 Å². The molecule has 2 heterocycles. The van der Waals surface area contributed by atoms with E-state index in [4.69, 9.17) is 0 Å². The van der Waals surface area contributed by atoms with Gasteiger partial charge in [0.05, 0.1) is 11.0 Å². The van der Waals surface area contributed by atoms with Crippen molar-refractivity contribution in [3.05, 3.63) is 276 Å². The zero-order valence-electron chi connectivity index (χ0n) is 45.7. The number of allylic oxidation sites excluding steroid dienone is 6. The highest BCUT2D eigenvalue weighted by Crippen LogP contribution is 2.34. The molecule has 0 bridgehead atoms. The van der Waals surface area contributed by atoms with E-state index in [-0.39, 0.29) is 0 Å². The zero-order chi connectivity index (χ0) is 52.8. The van der Waals surface area contributed by atoms with Crippen molar-refractivity contribution in [2.45, 2.75) is 82.6 Å². The predicted octanol–water partition coefficient (Wildman–Crippen LogP) is 21.3. The van der Waals surface area contributed by atoms with Crippen molar-refractivity contribution in [2.24, 2.45) is 0 Å². The second-order valence-electron chi connectivity index (χ2n) is 18.2. The van der Waals surface area contributed by atoms with Crippen LogP contribution in [0.5, 0.6) is 0 Å². The van der Waals surface area contributed by atoms with E-state index in [1.165, 1.54) is 117 Å². The molecule has 2 nitrogen and oxygen atoms in total. The van der Waals surface area contributed by atoms with Gasteiger partial charge in [0.1, 0.15) is 0 Å². The molecule has 9 aromatic carbocycles. The Morgan fingerprint density at radius 1 is 0.419 bits per heavy atom. The first-order valence-electron chi connectivity index (χ1n) is 26.4. The van der Waals surface area contributed by atoms with Gasteiger partial charge in [-0.25, -0.2) is 0 Å². The molecule has 0 saturated heterocycles. The van der Waals surface area contributed by atoms with Gasteiger partial charge in [0.2, 0.25) is 0 Å². The van der Waals surface area contributed by atoms with Crippen molar-refractivity contribution in [1.29, 1.82) is 0 Å². The SMILES string of the molecule is C/C=C/C=C\C(=C/C)c1cc(C)cc(-n2c3ccccc3c3ccccc32)c1.CC.CCC.Cc1ccccc1-c1ccccc1C.Cc1ccccc1-c1ccccc1C.c1ccc2c(c1)[nH]c1ccccc12. The fourth-order valence-corrected chi connectivity index (χ4v) is 9.19. The number of aryl methyl sites for hydroxylation is 5. The highest BCUT2D eigenvalue weighted by atomic mass is 15.0. The maximum absolute atomic E-state index is 3.38. The van der Waals surface area contributed by atoms with Crippen LogP contribution >= 0.6 is 0 Å². The molecule has 0 radical (unpaired) electrons. The number of nitrogens with one attached hydrogen (secondary N) is 1. The number of aromatic amines is 1. The minimum atomic E-state index is 1.20. The van der Waals surface area contributed by atoms with Crippen LogP contribution in [-0.4, -0.2) is 9.55 Å². The zero-order valence-corrected chi connectivity index (χ0v) is 45.7. The maximum atomic E-state index is 3.38. The van der Waals surface area contributed by atoms with Gasteiger partial charge in [0.25, 0.3) is 0 Å². The summed E-state index contributed by atoms with van der Waals surface area (Å²) in [4.78, 5) is 3.38. The Balaban J connectivity index is 0.000000165. The molecule has 11 aromatic rings. The number of hydrogen-bond acceptors (Lipinski definition) is 0. The Hall–Kier alpha value is -8.20. The summed E-state index contributed by atoms with van der Waals surface area (Å²) in [5, 5.41) is 5.19. The van der Waals surface area contributed by atoms with Gasteiger partial charge < -0.3 is 9.55 Å². The Bertz CT molecular complexity index is 3330. The Morgan fingerprint density at radius 3 is 1.15 bits per heavy atom. The van der Waals surface area contributed by atoms with Gasteiger partial charge in [-0.1, -0.05) is 240 Å². The van der Waals surface area contributed by atoms with E-state index in [1.807, 2.05) is 26.8 Å². The lowest BCUT2D eigenvalue weighted by Crippen LogP contribution is -1.96. The number of para-hydroxylation sites is 4. The van der Waals surface area contributed by atoms with Crippen molar-refractivity contribution in [3.8, 4) is 27.9 Å². The number of aromatic nitrogens is 2. The predicted molar refractivity (Wildman–Crippen MR) is 329 cm³/mol. The van der Waals surface area contributed by atoms with Gasteiger partial charge in [-0.3, -0.25) is 0 Å². The third kappa shape index (κ3) is 13.8. The lowest BCUT2D eigenvalue weighted by atomic mass is 9.97. The van der Waals surface area contributed by atoms with Crippen LogP contribution in [0.25, 0.3) is 77.1 Å². The Labute approximate surface area is 443 Å². The molecule has 374 valence electrons. The summed E-state index contributed by atoms with van der Waals surface area (Å²) in [6, 6.07) is 74.9. The average Bonchev–Trinajstić information content (AvgIpc) is 3.99. The summed E-state index contributed by atoms with van der Waals surface area (Å²) in [5.74, 6) is 0. The average molecular weight is 969 g/mol. The van der Waals surface area contributed by atoms with Crippen LogP contribution in [0.15, 0.2) is 243 Å². The molecular formula is C72H76N2. The minimum absolute atomic E-state index is 1.20. The standard InChI is InChI=1S/C27H25N.2C14H14.C12H9N.C3H8.C2H6/c1-4-6-7-12-21(5-2)22-17-20(3)18-23(19-22)28-26-15-10-8-13-24(26)25-14-9-11-16-27(25)28;2*1-11-7-3-5-9-13(11)14-10-6-4-8-12(14)2;1-3-7-11-9(5-1)10-6-2-4-8-12(10)13-11;1-3-2;1-2/h4-19H,1-3H3;2*3-10H,1-2H3;1-8,13H;3H2,1-2H3;1-2H3/b6-4+,12-7-,21-5+;;;;;. The number of fused-ring (bicyclic) bond motifs is 6. The molecular weight excluding hydrogens is 893 g/mol. The monoisotopic (exact) mass is 969 g/mol. The van der Waals surface area contributed by atoms with E-state index >= 15 is 0 Å². The molecule has 0 unspecified atom stereocenters. The first-order chi connectivity index (χ1) is 36.2. The summed E-state index contributed by atoms with van der Waals surface area (Å²) >= 11 is 0. The van der Waals surface area contributed by atoms with Crippen LogP contribution in [-0.2, 0) is 0 Å². The lowest BCUT2D eigenvalue weighted by molar-refractivity contribution is 1.09. The number of hydrogen-bond donors (Lipinski definition) is 1. The first-order valence-corrected chi connectivity index (χ1v) is 26.4. The molecule has 0 aliphatic rings. The van der Waals surface area contributed by atoms with Crippen LogP contribution in [0.1, 0.15) is 81.3 Å². The second-order valence-corrected chi connectivity index (χ2v) is 18.2. The number of rotatable bonds is 6. The van der Waals surface area contributed by atoms with E-state index in [1.54, 1.807) is 0 Å². The number of H-pyrrole nitrogens is 1. The highest BCUT2D eigenvalue weighted by Gasteiger charge is 2.13. The quantitative estimate of drug-likeness (QED) is 0.160. The molecule has 0 spiro atoms. The Kier molecular flexibility index (Phi) is 21.0. The normalized spacial score (nSPS) is 10.9. The Morgan fingerprint density at radius 2 is 0.770 bits per heavy atom. The summed E-state index contributed by atoms with van der Waals surface area (Å²) < 4.78 is 2.38. The largest absolute Gasteiger partial charge is 0.355 e. The van der Waals surface area contributed by atoms with Gasteiger partial charge in [0.15, 0.2) is 0 Å². The lowest BCUT2D eigenvalue weighted by Gasteiger charge is -2.12. The molecule has 0 amide bonds. The van der Waals surface area contributed by atoms with Crippen molar-refractivity contribution in [3.63, 3.8) is 0 Å². The minimum Gasteiger partial charge on any atom is -0.355 e. The molecule has 2 heteroatoms. The van der Waals surface area contributed by atoms with Gasteiger partial charge in [-0.05, 0) is 146 Å². The van der Waals surface area contributed by atoms with Crippen molar-refractivity contribution in [2.75, 3.05) is 0 Å². The molecule has 1 N–H and O–H groups in total. The van der Waals surface area contributed by atoms with Gasteiger partial charge in [-0.2, -0.15) is 0 Å². The van der Waals surface area contributed by atoms with E-state index in [2.05, 4.69) is 302 Å². The maximum Gasteiger partial charge on any atom is 0.0541 e. The first kappa shape index (κ1) is 55.1. The second kappa shape index (κ2) is 28.1. The molecule has 74 heavy (non-hydrogen) atoms. The molecule has 0 atom stereocenters. The number of nitrogens with zero attached hydrogens (tertiary/aromatic N) is 1. The molecule has 0 saturated carbocycles. The molecule has 0 aliphatic heterocycles. The fraction of sp³-hybridized carbons (Fsp3) is 0.167.